The Hall–Kier alpha value is -0.610. The molecule has 1 amide bonds. The lowest BCUT2D eigenvalue weighted by atomic mass is 10.0. The molecule has 0 aliphatic carbocycles. The first-order valence-corrected chi connectivity index (χ1v) is 6.37. The summed E-state index contributed by atoms with van der Waals surface area (Å²) >= 11 is 0. The van der Waals surface area contributed by atoms with E-state index in [2.05, 4.69) is 10.2 Å². The van der Waals surface area contributed by atoms with E-state index in [-0.39, 0.29) is 12.0 Å². The zero-order valence-electron chi connectivity index (χ0n) is 9.82. The summed E-state index contributed by atoms with van der Waals surface area (Å²) in [5.74, 6) is 1.84. The van der Waals surface area contributed by atoms with E-state index in [4.69, 9.17) is 4.74 Å². The third-order valence-corrected chi connectivity index (χ3v) is 4.39. The second-order valence-electron chi connectivity index (χ2n) is 5.39. The summed E-state index contributed by atoms with van der Waals surface area (Å²) in [7, 11) is 0. The summed E-state index contributed by atoms with van der Waals surface area (Å²) in [6, 6.07) is 0. The number of hydrogen-bond acceptors (Lipinski definition) is 3. The normalized spacial score (nSPS) is 42.7. The minimum Gasteiger partial charge on any atom is -0.378 e. The van der Waals surface area contributed by atoms with Gasteiger partial charge in [-0.15, -0.1) is 0 Å². The molecule has 3 rings (SSSR count). The van der Waals surface area contributed by atoms with E-state index in [1.807, 2.05) is 6.92 Å². The third kappa shape index (κ3) is 1.64. The quantitative estimate of drug-likeness (QED) is 0.686. The maximum atomic E-state index is 12.3. The number of carbonyl (C=O) groups is 1. The molecule has 3 fully saturated rings. The highest BCUT2D eigenvalue weighted by atomic mass is 16.5. The molecular weight excluding hydrogens is 204 g/mol. The zero-order chi connectivity index (χ0) is 11.1. The molecule has 0 radical (unpaired) electrons. The summed E-state index contributed by atoms with van der Waals surface area (Å²) in [6.45, 7) is 6.86. The molecule has 0 aromatic heterocycles. The molecular formula is C12H20N2O2. The van der Waals surface area contributed by atoms with Crippen LogP contribution in [0.5, 0.6) is 0 Å². The van der Waals surface area contributed by atoms with Gasteiger partial charge in [-0.2, -0.15) is 0 Å². The fourth-order valence-corrected chi connectivity index (χ4v) is 3.33. The van der Waals surface area contributed by atoms with E-state index in [0.717, 1.165) is 39.2 Å². The van der Waals surface area contributed by atoms with Crippen LogP contribution in [0.15, 0.2) is 0 Å². The molecule has 0 aromatic carbocycles. The molecule has 4 heteroatoms. The number of ether oxygens (including phenoxy) is 1. The first-order chi connectivity index (χ1) is 7.75. The van der Waals surface area contributed by atoms with Crippen molar-refractivity contribution < 1.29 is 9.53 Å². The van der Waals surface area contributed by atoms with E-state index in [1.165, 1.54) is 0 Å². The summed E-state index contributed by atoms with van der Waals surface area (Å²) in [6.07, 6.45) is 1.02. The van der Waals surface area contributed by atoms with Crippen molar-refractivity contribution in [1.29, 1.82) is 0 Å². The Kier molecular flexibility index (Phi) is 2.64. The van der Waals surface area contributed by atoms with Crippen molar-refractivity contribution in [3.8, 4) is 0 Å². The highest BCUT2D eigenvalue weighted by molar-refractivity contribution is 5.80. The molecule has 16 heavy (non-hydrogen) atoms. The van der Waals surface area contributed by atoms with E-state index in [1.54, 1.807) is 0 Å². The van der Waals surface area contributed by atoms with Gasteiger partial charge in [0.15, 0.2) is 0 Å². The molecule has 0 saturated carbocycles. The minimum absolute atomic E-state index is 0.117. The van der Waals surface area contributed by atoms with Gasteiger partial charge in [0.1, 0.15) is 0 Å². The molecule has 3 saturated heterocycles. The van der Waals surface area contributed by atoms with Crippen LogP contribution >= 0.6 is 0 Å². The number of nitrogens with one attached hydrogen (secondary N) is 1. The maximum Gasteiger partial charge on any atom is 0.228 e. The molecule has 3 aliphatic rings. The van der Waals surface area contributed by atoms with Crippen LogP contribution in [-0.4, -0.2) is 49.7 Å². The Morgan fingerprint density at radius 1 is 1.31 bits per heavy atom. The van der Waals surface area contributed by atoms with Crippen LogP contribution in [0.2, 0.25) is 0 Å². The summed E-state index contributed by atoms with van der Waals surface area (Å²) < 4.78 is 5.48. The Balaban J connectivity index is 1.63. The highest BCUT2D eigenvalue weighted by Crippen LogP contribution is 2.30. The topological polar surface area (TPSA) is 41.6 Å². The SMILES string of the molecule is CC1OCCC1C(=O)N1C[C@H]2CNC[C@H]2C1. The maximum absolute atomic E-state index is 12.3. The molecule has 0 bridgehead atoms. The first kappa shape index (κ1) is 10.5. The molecule has 90 valence electrons. The van der Waals surface area contributed by atoms with Crippen LogP contribution in [0.4, 0.5) is 0 Å². The zero-order valence-corrected chi connectivity index (χ0v) is 9.82. The van der Waals surface area contributed by atoms with Crippen molar-refractivity contribution in [1.82, 2.24) is 10.2 Å². The predicted molar refractivity (Wildman–Crippen MR) is 60.0 cm³/mol. The van der Waals surface area contributed by atoms with Gasteiger partial charge < -0.3 is 15.0 Å². The molecule has 0 aromatic rings. The lowest BCUT2D eigenvalue weighted by Gasteiger charge is -2.23. The number of fused-ring (bicyclic) bond motifs is 1. The second kappa shape index (κ2) is 4.00. The monoisotopic (exact) mass is 224 g/mol. The molecule has 4 nitrogen and oxygen atoms in total. The van der Waals surface area contributed by atoms with Crippen LogP contribution < -0.4 is 5.32 Å². The Labute approximate surface area is 96.3 Å². The van der Waals surface area contributed by atoms with Crippen LogP contribution in [0.25, 0.3) is 0 Å². The average Bonchev–Trinajstić information content (AvgIpc) is 2.89. The lowest BCUT2D eigenvalue weighted by molar-refractivity contribution is -0.136. The molecule has 1 N–H and O–H groups in total. The summed E-state index contributed by atoms with van der Waals surface area (Å²) in [5.41, 5.74) is 0. The van der Waals surface area contributed by atoms with E-state index in [9.17, 15) is 4.79 Å². The van der Waals surface area contributed by atoms with E-state index in [0.29, 0.717) is 17.7 Å². The largest absolute Gasteiger partial charge is 0.378 e. The van der Waals surface area contributed by atoms with Crippen LogP contribution in [0.1, 0.15) is 13.3 Å². The average molecular weight is 224 g/mol. The fraction of sp³-hybridized carbons (Fsp3) is 0.917. The third-order valence-electron chi connectivity index (χ3n) is 4.39. The number of carbonyl (C=O) groups excluding carboxylic acids is 1. The number of likely N-dealkylation sites (tertiary alicyclic amines) is 1. The van der Waals surface area contributed by atoms with Gasteiger partial charge in [0.2, 0.25) is 5.91 Å². The highest BCUT2D eigenvalue weighted by Gasteiger charge is 2.41. The van der Waals surface area contributed by atoms with Gasteiger partial charge in [-0.05, 0) is 25.2 Å². The van der Waals surface area contributed by atoms with Gasteiger partial charge in [0.05, 0.1) is 12.0 Å². The van der Waals surface area contributed by atoms with Gasteiger partial charge >= 0.3 is 0 Å². The number of rotatable bonds is 1. The molecule has 3 aliphatic heterocycles. The summed E-state index contributed by atoms with van der Waals surface area (Å²) in [5, 5.41) is 3.40. The number of nitrogens with zero attached hydrogens (tertiary/aromatic N) is 1. The van der Waals surface area contributed by atoms with Crippen LogP contribution in [0.3, 0.4) is 0 Å². The van der Waals surface area contributed by atoms with Crippen molar-refractivity contribution in [2.75, 3.05) is 32.8 Å². The van der Waals surface area contributed by atoms with Crippen LogP contribution in [0, 0.1) is 17.8 Å². The Morgan fingerprint density at radius 3 is 2.56 bits per heavy atom. The fourth-order valence-electron chi connectivity index (χ4n) is 3.33. The van der Waals surface area contributed by atoms with Crippen molar-refractivity contribution in [3.63, 3.8) is 0 Å². The van der Waals surface area contributed by atoms with Crippen molar-refractivity contribution in [2.24, 2.45) is 17.8 Å². The predicted octanol–water partition coefficient (Wildman–Crippen LogP) is 0.0892. The van der Waals surface area contributed by atoms with Crippen molar-refractivity contribution in [2.45, 2.75) is 19.4 Å². The van der Waals surface area contributed by atoms with Crippen LogP contribution in [-0.2, 0) is 9.53 Å². The van der Waals surface area contributed by atoms with Gasteiger partial charge in [-0.25, -0.2) is 0 Å². The summed E-state index contributed by atoms with van der Waals surface area (Å²) in [4.78, 5) is 14.4. The molecule has 3 heterocycles. The molecule has 2 unspecified atom stereocenters. The van der Waals surface area contributed by atoms with Gasteiger partial charge in [0.25, 0.3) is 0 Å². The van der Waals surface area contributed by atoms with Crippen molar-refractivity contribution >= 4 is 5.91 Å². The lowest BCUT2D eigenvalue weighted by Crippen LogP contribution is -2.38. The molecule has 0 spiro atoms. The first-order valence-electron chi connectivity index (χ1n) is 6.37. The van der Waals surface area contributed by atoms with Crippen molar-refractivity contribution in [3.05, 3.63) is 0 Å². The molecule has 4 atom stereocenters. The minimum atomic E-state index is 0.117. The van der Waals surface area contributed by atoms with E-state index >= 15 is 0 Å². The van der Waals surface area contributed by atoms with E-state index < -0.39 is 0 Å². The van der Waals surface area contributed by atoms with Gasteiger partial charge in [0, 0.05) is 32.8 Å². The number of hydrogen-bond donors (Lipinski definition) is 1. The van der Waals surface area contributed by atoms with Gasteiger partial charge in [-0.1, -0.05) is 0 Å². The Morgan fingerprint density at radius 2 is 2.00 bits per heavy atom. The number of amides is 1. The second-order valence-corrected chi connectivity index (χ2v) is 5.39. The Bertz CT molecular complexity index is 283. The standard InChI is InChI=1S/C12H20N2O2/c1-8-11(2-3-16-8)12(15)14-6-9-4-13-5-10(9)7-14/h8-11,13H,2-7H2,1H3/t8?,9-,10+,11?. The smallest absolute Gasteiger partial charge is 0.228 e. The van der Waals surface area contributed by atoms with Gasteiger partial charge in [-0.3, -0.25) is 4.79 Å².